The SMILES string of the molecule is C=C/C=C(\C=C)c1ccnc(C2=C[C@@H](/C(C=C)=C(/C=C)c3cccc(-c4ccc(C)cc4)n3)C=C2C)c1. The van der Waals surface area contributed by atoms with Crippen LogP contribution in [0.25, 0.3) is 28.0 Å². The fourth-order valence-electron chi connectivity index (χ4n) is 4.62. The lowest BCUT2D eigenvalue weighted by atomic mass is 9.92. The van der Waals surface area contributed by atoms with E-state index in [0.29, 0.717) is 0 Å². The summed E-state index contributed by atoms with van der Waals surface area (Å²) >= 11 is 0. The van der Waals surface area contributed by atoms with E-state index in [9.17, 15) is 0 Å². The van der Waals surface area contributed by atoms with Crippen molar-refractivity contribution in [3.05, 3.63) is 163 Å². The molecule has 37 heavy (non-hydrogen) atoms. The van der Waals surface area contributed by atoms with Gasteiger partial charge in [-0.3, -0.25) is 4.98 Å². The Bertz CT molecular complexity index is 1490. The molecule has 0 spiro atoms. The molecule has 0 N–H and O–H groups in total. The predicted octanol–water partition coefficient (Wildman–Crippen LogP) is 8.99. The van der Waals surface area contributed by atoms with Crippen molar-refractivity contribution in [1.82, 2.24) is 9.97 Å². The van der Waals surface area contributed by atoms with Crippen LogP contribution in [0.4, 0.5) is 0 Å². The Kier molecular flexibility index (Phi) is 7.90. The standard InChI is InChI=1S/C35H32N2/c1-7-12-26(8-2)28-19-20-36-35(23-28)32-22-29(21-25(32)6)30(9-3)31(10-4)34-14-11-13-33(37-34)27-17-15-24(5)16-18-27/h7-23,29H,1-4H2,5-6H3/b26-12+,31-30-/t29-/m0/s1. The first-order valence-corrected chi connectivity index (χ1v) is 12.3. The molecule has 182 valence electrons. The Morgan fingerprint density at radius 1 is 0.838 bits per heavy atom. The summed E-state index contributed by atoms with van der Waals surface area (Å²) < 4.78 is 0. The maximum Gasteiger partial charge on any atom is 0.0712 e. The van der Waals surface area contributed by atoms with Gasteiger partial charge in [0.1, 0.15) is 0 Å². The molecule has 3 aromatic rings. The van der Waals surface area contributed by atoms with Gasteiger partial charge in [0.25, 0.3) is 0 Å². The van der Waals surface area contributed by atoms with E-state index in [4.69, 9.17) is 4.98 Å². The maximum atomic E-state index is 4.98. The molecule has 1 aliphatic carbocycles. The average molecular weight is 481 g/mol. The van der Waals surface area contributed by atoms with Crippen LogP contribution in [0.1, 0.15) is 29.4 Å². The van der Waals surface area contributed by atoms with Gasteiger partial charge in [0.15, 0.2) is 0 Å². The molecule has 0 saturated carbocycles. The monoisotopic (exact) mass is 480 g/mol. The highest BCUT2D eigenvalue weighted by molar-refractivity contribution is 5.85. The van der Waals surface area contributed by atoms with Gasteiger partial charge in [0.05, 0.1) is 17.1 Å². The average Bonchev–Trinajstić information content (AvgIpc) is 3.31. The lowest BCUT2D eigenvalue weighted by Gasteiger charge is -2.14. The van der Waals surface area contributed by atoms with Crippen molar-refractivity contribution in [3.63, 3.8) is 0 Å². The number of aromatic nitrogens is 2. The Hall–Kier alpha value is -4.56. The summed E-state index contributed by atoms with van der Waals surface area (Å²) in [4.78, 5) is 9.66. The minimum Gasteiger partial charge on any atom is -0.256 e. The number of aryl methyl sites for hydroxylation is 1. The van der Waals surface area contributed by atoms with Crippen molar-refractivity contribution in [2.45, 2.75) is 13.8 Å². The number of hydrogen-bond acceptors (Lipinski definition) is 2. The van der Waals surface area contributed by atoms with Crippen molar-refractivity contribution in [2.75, 3.05) is 0 Å². The first kappa shape index (κ1) is 25.5. The second kappa shape index (κ2) is 11.5. The maximum absolute atomic E-state index is 4.98. The summed E-state index contributed by atoms with van der Waals surface area (Å²) in [5.74, 6) is 0.0402. The third-order valence-corrected chi connectivity index (χ3v) is 6.55. The van der Waals surface area contributed by atoms with Gasteiger partial charge in [0.2, 0.25) is 0 Å². The van der Waals surface area contributed by atoms with Crippen LogP contribution in [0.3, 0.4) is 0 Å². The van der Waals surface area contributed by atoms with Crippen molar-refractivity contribution in [1.29, 1.82) is 0 Å². The molecule has 0 aliphatic heterocycles. The van der Waals surface area contributed by atoms with Crippen molar-refractivity contribution >= 4 is 16.7 Å². The fraction of sp³-hybridized carbons (Fsp3) is 0.0857. The number of hydrogen-bond donors (Lipinski definition) is 0. The molecule has 1 aromatic carbocycles. The van der Waals surface area contributed by atoms with Gasteiger partial charge in [-0.1, -0.05) is 105 Å². The van der Waals surface area contributed by atoms with E-state index >= 15 is 0 Å². The topological polar surface area (TPSA) is 25.8 Å². The van der Waals surface area contributed by atoms with Gasteiger partial charge in [-0.25, -0.2) is 4.98 Å². The second-order valence-corrected chi connectivity index (χ2v) is 9.00. The van der Waals surface area contributed by atoms with E-state index in [1.54, 1.807) is 6.08 Å². The molecule has 0 unspecified atom stereocenters. The summed E-state index contributed by atoms with van der Waals surface area (Å²) in [5, 5.41) is 0. The number of pyridine rings is 2. The zero-order valence-electron chi connectivity index (χ0n) is 21.6. The van der Waals surface area contributed by atoms with Crippen LogP contribution in [0.15, 0.2) is 141 Å². The van der Waals surface area contributed by atoms with Gasteiger partial charge < -0.3 is 0 Å². The van der Waals surface area contributed by atoms with E-state index < -0.39 is 0 Å². The lowest BCUT2D eigenvalue weighted by Crippen LogP contribution is -2.00. The smallest absolute Gasteiger partial charge is 0.0712 e. The van der Waals surface area contributed by atoms with Crippen LogP contribution in [-0.4, -0.2) is 9.97 Å². The number of rotatable bonds is 9. The first-order chi connectivity index (χ1) is 18.0. The molecule has 2 heterocycles. The van der Waals surface area contributed by atoms with Crippen LogP contribution in [0.2, 0.25) is 0 Å². The van der Waals surface area contributed by atoms with Crippen LogP contribution >= 0.6 is 0 Å². The second-order valence-electron chi connectivity index (χ2n) is 9.00. The molecule has 0 amide bonds. The van der Waals surface area contributed by atoms with Crippen LogP contribution in [0.5, 0.6) is 0 Å². The van der Waals surface area contributed by atoms with E-state index in [2.05, 4.69) is 87.6 Å². The highest BCUT2D eigenvalue weighted by Crippen LogP contribution is 2.38. The fourth-order valence-corrected chi connectivity index (χ4v) is 4.62. The molecule has 0 radical (unpaired) electrons. The molecule has 4 rings (SSSR count). The molecule has 2 aromatic heterocycles. The van der Waals surface area contributed by atoms with Crippen molar-refractivity contribution in [2.24, 2.45) is 5.92 Å². The molecule has 2 nitrogen and oxygen atoms in total. The highest BCUT2D eigenvalue weighted by Gasteiger charge is 2.22. The molecule has 0 saturated heterocycles. The van der Waals surface area contributed by atoms with Crippen LogP contribution < -0.4 is 0 Å². The lowest BCUT2D eigenvalue weighted by molar-refractivity contribution is 1.02. The van der Waals surface area contributed by atoms with Gasteiger partial charge in [-0.05, 0) is 66.0 Å². The van der Waals surface area contributed by atoms with E-state index in [-0.39, 0.29) is 5.92 Å². The van der Waals surface area contributed by atoms with E-state index in [1.165, 1.54) is 11.1 Å². The highest BCUT2D eigenvalue weighted by atomic mass is 14.7. The normalized spacial score (nSPS) is 15.8. The van der Waals surface area contributed by atoms with Crippen LogP contribution in [0, 0.1) is 12.8 Å². The molecule has 1 aliphatic rings. The predicted molar refractivity (Wildman–Crippen MR) is 160 cm³/mol. The zero-order valence-corrected chi connectivity index (χ0v) is 21.6. The minimum absolute atomic E-state index is 0.0402. The molecular formula is C35H32N2. The largest absolute Gasteiger partial charge is 0.256 e. The van der Waals surface area contributed by atoms with Crippen LogP contribution in [-0.2, 0) is 0 Å². The van der Waals surface area contributed by atoms with Gasteiger partial charge in [-0.15, -0.1) is 0 Å². The molecular weight excluding hydrogens is 448 g/mol. The minimum atomic E-state index is 0.0402. The summed E-state index contributed by atoms with van der Waals surface area (Å²) in [6.07, 6.45) is 15.7. The summed E-state index contributed by atoms with van der Waals surface area (Å²) in [7, 11) is 0. The molecule has 1 atom stereocenters. The van der Waals surface area contributed by atoms with E-state index in [1.807, 2.05) is 54.8 Å². The number of allylic oxidation sites excluding steroid dienone is 12. The summed E-state index contributed by atoms with van der Waals surface area (Å²) in [6, 6.07) is 18.6. The Balaban J connectivity index is 1.75. The number of nitrogens with zero attached hydrogens (tertiary/aromatic N) is 2. The molecule has 0 fully saturated rings. The Morgan fingerprint density at radius 3 is 2.30 bits per heavy atom. The summed E-state index contributed by atoms with van der Waals surface area (Å²) in [6.45, 7) is 20.2. The Morgan fingerprint density at radius 2 is 1.62 bits per heavy atom. The quantitative estimate of drug-likeness (QED) is 0.286. The molecule has 0 bridgehead atoms. The van der Waals surface area contributed by atoms with Gasteiger partial charge in [-0.2, -0.15) is 0 Å². The third kappa shape index (κ3) is 5.49. The van der Waals surface area contributed by atoms with E-state index in [0.717, 1.165) is 50.5 Å². The third-order valence-electron chi connectivity index (χ3n) is 6.55. The van der Waals surface area contributed by atoms with Gasteiger partial charge in [0, 0.05) is 23.3 Å². The van der Waals surface area contributed by atoms with Crippen molar-refractivity contribution in [3.8, 4) is 11.3 Å². The summed E-state index contributed by atoms with van der Waals surface area (Å²) in [5.41, 5.74) is 11.4. The number of benzene rings is 1. The van der Waals surface area contributed by atoms with Crippen molar-refractivity contribution < 1.29 is 0 Å². The zero-order chi connectivity index (χ0) is 26.4. The molecule has 2 heteroatoms. The first-order valence-electron chi connectivity index (χ1n) is 12.3. The van der Waals surface area contributed by atoms with Gasteiger partial charge >= 0.3 is 0 Å². The Labute approximate surface area is 220 Å².